The highest BCUT2D eigenvalue weighted by molar-refractivity contribution is 5.88. The van der Waals surface area contributed by atoms with Crippen LogP contribution in [0.5, 0.6) is 0 Å². The second-order valence-corrected chi connectivity index (χ2v) is 5.04. The summed E-state index contributed by atoms with van der Waals surface area (Å²) in [6, 6.07) is 8.85. The zero-order chi connectivity index (χ0) is 13.4. The van der Waals surface area contributed by atoms with Crippen LogP contribution >= 0.6 is 0 Å². The summed E-state index contributed by atoms with van der Waals surface area (Å²) in [5.41, 5.74) is 0.0708. The maximum absolute atomic E-state index is 11.7. The van der Waals surface area contributed by atoms with Crippen molar-refractivity contribution in [3.63, 3.8) is 0 Å². The minimum absolute atomic E-state index is 0.431. The Morgan fingerprint density at radius 1 is 1.17 bits per heavy atom. The van der Waals surface area contributed by atoms with E-state index in [0.717, 1.165) is 12.8 Å². The molecule has 0 bridgehead atoms. The van der Waals surface area contributed by atoms with Crippen molar-refractivity contribution in [2.75, 3.05) is 0 Å². The first-order valence-electron chi connectivity index (χ1n) is 6.50. The van der Waals surface area contributed by atoms with Gasteiger partial charge >= 0.3 is 5.97 Å². The van der Waals surface area contributed by atoms with Crippen LogP contribution in [-0.4, -0.2) is 11.6 Å². The molecule has 0 atom stereocenters. The molecule has 0 aliphatic rings. The van der Waals surface area contributed by atoms with Crippen LogP contribution in [0.1, 0.15) is 56.8 Å². The third-order valence-electron chi connectivity index (χ3n) is 2.73. The molecule has 0 spiro atoms. The van der Waals surface area contributed by atoms with E-state index >= 15 is 0 Å². The Hall–Kier alpha value is -1.35. The lowest BCUT2D eigenvalue weighted by molar-refractivity contribution is -0.308. The second-order valence-electron chi connectivity index (χ2n) is 5.04. The van der Waals surface area contributed by atoms with Crippen molar-refractivity contribution in [1.29, 1.82) is 0 Å². The molecule has 0 unspecified atom stereocenters. The molecule has 0 saturated carbocycles. The van der Waals surface area contributed by atoms with E-state index in [-0.39, 0.29) is 0 Å². The van der Waals surface area contributed by atoms with Crippen molar-refractivity contribution in [3.05, 3.63) is 35.9 Å². The van der Waals surface area contributed by atoms with Crippen molar-refractivity contribution >= 4 is 5.97 Å². The van der Waals surface area contributed by atoms with Gasteiger partial charge in [-0.05, 0) is 32.4 Å². The Kier molecular flexibility index (Phi) is 5.86. The summed E-state index contributed by atoms with van der Waals surface area (Å²) in [6.07, 6.45) is 4.29. The van der Waals surface area contributed by atoms with Crippen LogP contribution < -0.4 is 0 Å². The van der Waals surface area contributed by atoms with Crippen LogP contribution in [0.25, 0.3) is 0 Å². The van der Waals surface area contributed by atoms with Crippen molar-refractivity contribution in [3.8, 4) is 0 Å². The molecule has 18 heavy (non-hydrogen) atoms. The van der Waals surface area contributed by atoms with Crippen LogP contribution in [0.2, 0.25) is 0 Å². The predicted octanol–water partition coefficient (Wildman–Crippen LogP) is 4.13. The lowest BCUT2D eigenvalue weighted by Crippen LogP contribution is -2.26. The van der Waals surface area contributed by atoms with Crippen molar-refractivity contribution in [2.45, 2.75) is 52.1 Å². The summed E-state index contributed by atoms with van der Waals surface area (Å²) in [6.45, 7) is 6.02. The molecule has 0 amide bonds. The number of carbonyl (C=O) groups is 1. The van der Waals surface area contributed by atoms with Crippen LogP contribution in [-0.2, 0) is 9.78 Å². The van der Waals surface area contributed by atoms with E-state index in [1.807, 2.05) is 19.9 Å². The van der Waals surface area contributed by atoms with Gasteiger partial charge in [0.25, 0.3) is 0 Å². The van der Waals surface area contributed by atoms with E-state index in [2.05, 4.69) is 6.92 Å². The van der Waals surface area contributed by atoms with Gasteiger partial charge in [0.2, 0.25) is 0 Å². The van der Waals surface area contributed by atoms with E-state index in [1.165, 1.54) is 12.8 Å². The smallest absolute Gasteiger partial charge is 0.292 e. The standard InChI is InChI=1S/C15H22O3/c1-4-5-9-12-15(2,3)18-17-14(16)13-10-7-6-8-11-13/h6-8,10-11H,4-5,9,12H2,1-3H3. The largest absolute Gasteiger partial charge is 0.373 e. The molecular formula is C15H22O3. The normalized spacial score (nSPS) is 11.3. The van der Waals surface area contributed by atoms with E-state index in [1.54, 1.807) is 24.3 Å². The fourth-order valence-electron chi connectivity index (χ4n) is 1.62. The molecule has 0 saturated heterocycles. The third-order valence-corrected chi connectivity index (χ3v) is 2.73. The first-order chi connectivity index (χ1) is 8.55. The molecule has 0 aliphatic heterocycles. The van der Waals surface area contributed by atoms with Gasteiger partial charge in [0.05, 0.1) is 5.56 Å². The van der Waals surface area contributed by atoms with Crippen LogP contribution in [0.15, 0.2) is 30.3 Å². The number of benzene rings is 1. The average molecular weight is 250 g/mol. The summed E-state index contributed by atoms with van der Waals surface area (Å²) in [7, 11) is 0. The van der Waals surface area contributed by atoms with Gasteiger partial charge in [-0.15, -0.1) is 0 Å². The Labute approximate surface area is 109 Å². The minimum atomic E-state index is -0.445. The third kappa shape index (κ3) is 5.32. The zero-order valence-electron chi connectivity index (χ0n) is 11.4. The summed E-state index contributed by atoms with van der Waals surface area (Å²) in [5.74, 6) is -0.445. The topological polar surface area (TPSA) is 35.5 Å². The molecule has 1 rings (SSSR count). The lowest BCUT2D eigenvalue weighted by Gasteiger charge is -2.22. The maximum Gasteiger partial charge on any atom is 0.373 e. The van der Waals surface area contributed by atoms with Crippen molar-refractivity contribution < 1.29 is 14.6 Å². The summed E-state index contributed by atoms with van der Waals surface area (Å²) in [5, 5.41) is 0. The van der Waals surface area contributed by atoms with Crippen molar-refractivity contribution in [2.24, 2.45) is 0 Å². The molecule has 100 valence electrons. The Morgan fingerprint density at radius 2 is 1.83 bits per heavy atom. The molecule has 1 aromatic carbocycles. The zero-order valence-corrected chi connectivity index (χ0v) is 11.4. The van der Waals surface area contributed by atoms with E-state index in [9.17, 15) is 4.79 Å². The van der Waals surface area contributed by atoms with Gasteiger partial charge in [-0.2, -0.15) is 4.89 Å². The van der Waals surface area contributed by atoms with Gasteiger partial charge in [-0.3, -0.25) is 4.89 Å². The molecule has 1 aromatic rings. The Bertz CT molecular complexity index is 357. The van der Waals surface area contributed by atoms with Gasteiger partial charge in [0.1, 0.15) is 5.60 Å². The first kappa shape index (κ1) is 14.7. The number of carbonyl (C=O) groups excluding carboxylic acids is 1. The summed E-state index contributed by atoms with van der Waals surface area (Å²) >= 11 is 0. The maximum atomic E-state index is 11.7. The fraction of sp³-hybridized carbons (Fsp3) is 0.533. The second kappa shape index (κ2) is 7.17. The van der Waals surface area contributed by atoms with E-state index < -0.39 is 11.6 Å². The van der Waals surface area contributed by atoms with E-state index in [0.29, 0.717) is 5.56 Å². The SMILES string of the molecule is CCCCCC(C)(C)OOC(=O)c1ccccc1. The number of hydrogen-bond acceptors (Lipinski definition) is 3. The molecule has 0 fully saturated rings. The predicted molar refractivity (Wildman–Crippen MR) is 71.2 cm³/mol. The fourth-order valence-corrected chi connectivity index (χ4v) is 1.62. The van der Waals surface area contributed by atoms with Gasteiger partial charge in [-0.25, -0.2) is 4.79 Å². The first-order valence-corrected chi connectivity index (χ1v) is 6.50. The Balaban J connectivity index is 2.37. The average Bonchev–Trinajstić information content (AvgIpc) is 2.37. The number of rotatable bonds is 7. The molecule has 3 nitrogen and oxygen atoms in total. The minimum Gasteiger partial charge on any atom is -0.292 e. The van der Waals surface area contributed by atoms with Crippen LogP contribution in [0.3, 0.4) is 0 Å². The molecule has 0 aromatic heterocycles. The van der Waals surface area contributed by atoms with Gasteiger partial charge in [-0.1, -0.05) is 44.4 Å². The van der Waals surface area contributed by atoms with Crippen molar-refractivity contribution in [1.82, 2.24) is 0 Å². The molecule has 3 heteroatoms. The lowest BCUT2D eigenvalue weighted by atomic mass is 10.0. The number of hydrogen-bond donors (Lipinski definition) is 0. The highest BCUT2D eigenvalue weighted by Crippen LogP contribution is 2.19. The van der Waals surface area contributed by atoms with Crippen LogP contribution in [0.4, 0.5) is 0 Å². The van der Waals surface area contributed by atoms with Gasteiger partial charge in [0.15, 0.2) is 0 Å². The highest BCUT2D eigenvalue weighted by atomic mass is 17.2. The van der Waals surface area contributed by atoms with E-state index in [4.69, 9.17) is 9.78 Å². The van der Waals surface area contributed by atoms with Crippen LogP contribution in [0, 0.1) is 0 Å². The summed E-state index contributed by atoms with van der Waals surface area (Å²) in [4.78, 5) is 21.8. The monoisotopic (exact) mass is 250 g/mol. The highest BCUT2D eigenvalue weighted by Gasteiger charge is 2.22. The molecular weight excluding hydrogens is 228 g/mol. The Morgan fingerprint density at radius 3 is 2.44 bits per heavy atom. The molecule has 0 aliphatic carbocycles. The quantitative estimate of drug-likeness (QED) is 0.414. The number of unbranched alkanes of at least 4 members (excludes halogenated alkanes) is 2. The summed E-state index contributed by atoms with van der Waals surface area (Å²) < 4.78 is 0. The van der Waals surface area contributed by atoms with Gasteiger partial charge < -0.3 is 0 Å². The molecule has 0 heterocycles. The van der Waals surface area contributed by atoms with Gasteiger partial charge in [0, 0.05) is 0 Å². The molecule has 0 N–H and O–H groups in total. The molecule has 0 radical (unpaired) electrons.